The first kappa shape index (κ1) is 17.3. The molecular formula is C20H20ClN3OS. The monoisotopic (exact) mass is 385 g/mol. The normalized spacial score (nSPS) is 14.8. The van der Waals surface area contributed by atoms with Crippen LogP contribution in [0.15, 0.2) is 42.5 Å². The highest BCUT2D eigenvalue weighted by Gasteiger charge is 2.24. The van der Waals surface area contributed by atoms with Crippen LogP contribution in [-0.2, 0) is 6.42 Å². The Hall–Kier alpha value is -2.11. The van der Waals surface area contributed by atoms with E-state index in [4.69, 9.17) is 16.6 Å². The van der Waals surface area contributed by atoms with Crippen molar-refractivity contribution in [3.63, 3.8) is 0 Å². The lowest BCUT2D eigenvalue weighted by atomic mass is 10.2. The quantitative estimate of drug-likeness (QED) is 0.667. The van der Waals surface area contributed by atoms with Gasteiger partial charge in [-0.15, -0.1) is 0 Å². The highest BCUT2D eigenvalue weighted by Crippen LogP contribution is 2.30. The molecule has 0 radical (unpaired) electrons. The molecule has 4 nitrogen and oxygen atoms in total. The first-order valence-electron chi connectivity index (χ1n) is 8.83. The maximum Gasteiger partial charge on any atom is 0.253 e. The summed E-state index contributed by atoms with van der Waals surface area (Å²) in [4.78, 5) is 21.6. The van der Waals surface area contributed by atoms with Crippen molar-refractivity contribution in [2.75, 3.05) is 31.1 Å². The highest BCUT2D eigenvalue weighted by molar-refractivity contribution is 7.22. The SMILES string of the molecule is CCc1ccc2nc(N3CCN(C(=O)c4ccc(Cl)cc4)CC3)sc2c1. The number of aromatic nitrogens is 1. The van der Waals surface area contributed by atoms with Crippen molar-refractivity contribution >= 4 is 44.2 Å². The summed E-state index contributed by atoms with van der Waals surface area (Å²) in [6.07, 6.45) is 1.04. The number of carbonyl (C=O) groups excluding carboxylic acids is 1. The second-order valence-electron chi connectivity index (χ2n) is 6.44. The molecular weight excluding hydrogens is 366 g/mol. The molecule has 0 N–H and O–H groups in total. The number of nitrogens with zero attached hydrogens (tertiary/aromatic N) is 3. The Kier molecular flexibility index (Phi) is 4.83. The van der Waals surface area contributed by atoms with Crippen molar-refractivity contribution < 1.29 is 4.79 Å². The van der Waals surface area contributed by atoms with Gasteiger partial charge in [-0.1, -0.05) is 35.9 Å². The van der Waals surface area contributed by atoms with Crippen molar-refractivity contribution in [2.24, 2.45) is 0 Å². The molecule has 2 heterocycles. The average molecular weight is 386 g/mol. The van der Waals surface area contributed by atoms with Crippen molar-refractivity contribution in [3.8, 4) is 0 Å². The van der Waals surface area contributed by atoms with E-state index in [0.29, 0.717) is 23.7 Å². The largest absolute Gasteiger partial charge is 0.345 e. The van der Waals surface area contributed by atoms with Gasteiger partial charge in [0.15, 0.2) is 5.13 Å². The fraction of sp³-hybridized carbons (Fsp3) is 0.300. The van der Waals surface area contributed by atoms with Crippen LogP contribution in [0, 0.1) is 0 Å². The number of thiazole rings is 1. The van der Waals surface area contributed by atoms with Crippen LogP contribution < -0.4 is 4.90 Å². The third kappa shape index (κ3) is 3.41. The summed E-state index contributed by atoms with van der Waals surface area (Å²) < 4.78 is 1.24. The molecule has 26 heavy (non-hydrogen) atoms. The van der Waals surface area contributed by atoms with Gasteiger partial charge in [0.25, 0.3) is 5.91 Å². The van der Waals surface area contributed by atoms with Gasteiger partial charge in [-0.05, 0) is 48.4 Å². The van der Waals surface area contributed by atoms with E-state index < -0.39 is 0 Å². The second-order valence-corrected chi connectivity index (χ2v) is 7.88. The molecule has 2 aromatic carbocycles. The van der Waals surface area contributed by atoms with Crippen LogP contribution >= 0.6 is 22.9 Å². The molecule has 4 rings (SSSR count). The first-order chi connectivity index (χ1) is 12.6. The molecule has 0 aliphatic carbocycles. The number of piperazine rings is 1. The Morgan fingerprint density at radius 1 is 1.12 bits per heavy atom. The minimum atomic E-state index is 0.0678. The zero-order valence-corrected chi connectivity index (χ0v) is 16.2. The lowest BCUT2D eigenvalue weighted by Gasteiger charge is -2.34. The topological polar surface area (TPSA) is 36.4 Å². The van der Waals surface area contributed by atoms with Crippen molar-refractivity contribution in [3.05, 3.63) is 58.6 Å². The number of hydrogen-bond acceptors (Lipinski definition) is 4. The summed E-state index contributed by atoms with van der Waals surface area (Å²) >= 11 is 7.64. The molecule has 3 aromatic rings. The zero-order chi connectivity index (χ0) is 18.1. The van der Waals surface area contributed by atoms with Crippen LogP contribution in [0.3, 0.4) is 0 Å². The molecule has 0 saturated carbocycles. The Morgan fingerprint density at radius 3 is 2.54 bits per heavy atom. The van der Waals surface area contributed by atoms with Gasteiger partial charge in [0.05, 0.1) is 10.2 Å². The van der Waals surface area contributed by atoms with E-state index in [1.54, 1.807) is 35.6 Å². The van der Waals surface area contributed by atoms with E-state index in [2.05, 4.69) is 30.0 Å². The molecule has 1 fully saturated rings. The lowest BCUT2D eigenvalue weighted by Crippen LogP contribution is -2.48. The fourth-order valence-electron chi connectivity index (χ4n) is 3.19. The number of aryl methyl sites for hydroxylation is 1. The molecule has 134 valence electrons. The van der Waals surface area contributed by atoms with Crippen molar-refractivity contribution in [1.29, 1.82) is 0 Å². The third-order valence-corrected chi connectivity index (χ3v) is 6.11. The zero-order valence-electron chi connectivity index (χ0n) is 14.6. The van der Waals surface area contributed by atoms with E-state index in [-0.39, 0.29) is 5.91 Å². The van der Waals surface area contributed by atoms with Crippen molar-refractivity contribution in [2.45, 2.75) is 13.3 Å². The van der Waals surface area contributed by atoms with Crippen LogP contribution in [0.1, 0.15) is 22.8 Å². The minimum Gasteiger partial charge on any atom is -0.345 e. The smallest absolute Gasteiger partial charge is 0.253 e. The van der Waals surface area contributed by atoms with Crippen LogP contribution in [-0.4, -0.2) is 42.0 Å². The van der Waals surface area contributed by atoms with Gasteiger partial charge in [0, 0.05) is 36.8 Å². The Labute approximate surface area is 162 Å². The number of anilines is 1. The number of amides is 1. The van der Waals surface area contributed by atoms with Crippen molar-refractivity contribution in [1.82, 2.24) is 9.88 Å². The highest BCUT2D eigenvalue weighted by atomic mass is 35.5. The maximum absolute atomic E-state index is 12.6. The summed E-state index contributed by atoms with van der Waals surface area (Å²) in [5.74, 6) is 0.0678. The maximum atomic E-state index is 12.6. The van der Waals surface area contributed by atoms with E-state index in [1.165, 1.54) is 10.3 Å². The lowest BCUT2D eigenvalue weighted by molar-refractivity contribution is 0.0747. The predicted molar refractivity (Wildman–Crippen MR) is 109 cm³/mol. The Bertz CT molecular complexity index is 930. The Morgan fingerprint density at radius 2 is 1.85 bits per heavy atom. The molecule has 1 aromatic heterocycles. The summed E-state index contributed by atoms with van der Waals surface area (Å²) in [6.45, 7) is 5.19. The number of rotatable bonds is 3. The second kappa shape index (κ2) is 7.25. The number of hydrogen-bond donors (Lipinski definition) is 0. The molecule has 1 saturated heterocycles. The first-order valence-corrected chi connectivity index (χ1v) is 10.0. The van der Waals surface area contributed by atoms with Gasteiger partial charge in [0.2, 0.25) is 0 Å². The van der Waals surface area contributed by atoms with Gasteiger partial charge in [0.1, 0.15) is 0 Å². The third-order valence-electron chi connectivity index (χ3n) is 4.78. The van der Waals surface area contributed by atoms with Gasteiger partial charge in [-0.25, -0.2) is 4.98 Å². The molecule has 1 amide bonds. The summed E-state index contributed by atoms with van der Waals surface area (Å²) in [5, 5.41) is 1.69. The minimum absolute atomic E-state index is 0.0678. The predicted octanol–water partition coefficient (Wildman–Crippen LogP) is 4.47. The molecule has 0 atom stereocenters. The molecule has 6 heteroatoms. The van der Waals surface area contributed by atoms with E-state index in [1.807, 2.05) is 4.90 Å². The fourth-order valence-corrected chi connectivity index (χ4v) is 4.39. The van der Waals surface area contributed by atoms with Gasteiger partial charge >= 0.3 is 0 Å². The summed E-state index contributed by atoms with van der Waals surface area (Å²) in [5.41, 5.74) is 3.09. The Balaban J connectivity index is 1.44. The van der Waals surface area contributed by atoms with Gasteiger partial charge in [-0.2, -0.15) is 0 Å². The van der Waals surface area contributed by atoms with E-state index in [9.17, 15) is 4.79 Å². The van der Waals surface area contributed by atoms with Crippen LogP contribution in [0.5, 0.6) is 0 Å². The van der Waals surface area contributed by atoms with E-state index in [0.717, 1.165) is 30.2 Å². The summed E-state index contributed by atoms with van der Waals surface area (Å²) in [6, 6.07) is 13.6. The van der Waals surface area contributed by atoms with Gasteiger partial charge in [-0.3, -0.25) is 4.79 Å². The molecule has 1 aliphatic rings. The van der Waals surface area contributed by atoms with Crippen LogP contribution in [0.25, 0.3) is 10.2 Å². The molecule has 0 spiro atoms. The van der Waals surface area contributed by atoms with Crippen LogP contribution in [0.2, 0.25) is 5.02 Å². The molecule has 1 aliphatic heterocycles. The molecule has 0 unspecified atom stereocenters. The summed E-state index contributed by atoms with van der Waals surface area (Å²) in [7, 11) is 0. The number of halogens is 1. The molecule has 0 bridgehead atoms. The van der Waals surface area contributed by atoms with E-state index >= 15 is 0 Å². The number of benzene rings is 2. The number of carbonyl (C=O) groups is 1. The standard InChI is InChI=1S/C20H20ClN3OS/c1-2-14-3-8-17-18(13-14)26-20(22-17)24-11-9-23(10-12-24)19(25)15-4-6-16(21)7-5-15/h3-8,13H,2,9-12H2,1H3. The van der Waals surface area contributed by atoms with Crippen LogP contribution in [0.4, 0.5) is 5.13 Å². The average Bonchev–Trinajstić information content (AvgIpc) is 3.11. The van der Waals surface area contributed by atoms with Gasteiger partial charge < -0.3 is 9.80 Å². The number of fused-ring (bicyclic) bond motifs is 1.